The Morgan fingerprint density at radius 3 is 2.60 bits per heavy atom. The lowest BCUT2D eigenvalue weighted by Crippen LogP contribution is -2.66. The van der Waals surface area contributed by atoms with Gasteiger partial charge in [0.05, 0.1) is 33.6 Å². The normalized spacial score (nSPS) is 29.7. The molecule has 2 aliphatic rings. The number of nitrogens with zero attached hydrogens (tertiary/aromatic N) is 4. The molecule has 12 nitrogen and oxygen atoms in total. The summed E-state index contributed by atoms with van der Waals surface area (Å²) in [5.74, 6) is -0.944. The highest BCUT2D eigenvalue weighted by molar-refractivity contribution is 7.44. The van der Waals surface area contributed by atoms with Gasteiger partial charge in [-0.15, -0.1) is 0 Å². The number of rotatable bonds is 10. The maximum atomic E-state index is 12.7. The Morgan fingerprint density at radius 1 is 1.37 bits per heavy atom. The van der Waals surface area contributed by atoms with Crippen LogP contribution >= 0.6 is 8.53 Å². The number of nitriles is 1. The zero-order valence-electron chi connectivity index (χ0n) is 20.9. The van der Waals surface area contributed by atoms with E-state index >= 15 is 0 Å². The van der Waals surface area contributed by atoms with E-state index in [1.165, 1.54) is 15.8 Å². The molecule has 0 amide bonds. The van der Waals surface area contributed by atoms with Crippen molar-refractivity contribution < 1.29 is 23.7 Å². The summed E-state index contributed by atoms with van der Waals surface area (Å²) < 4.78 is 22.1. The van der Waals surface area contributed by atoms with Crippen molar-refractivity contribution in [1.29, 1.82) is 5.26 Å². The van der Waals surface area contributed by atoms with Crippen molar-refractivity contribution >= 4 is 16.4 Å². The van der Waals surface area contributed by atoms with Gasteiger partial charge in [0, 0.05) is 36.8 Å². The van der Waals surface area contributed by atoms with Crippen molar-refractivity contribution in [2.45, 2.75) is 83.1 Å². The van der Waals surface area contributed by atoms with Crippen molar-refractivity contribution in [2.24, 2.45) is 0 Å². The standard InChI is InChI=1S/C21H33BN5O7P/c1-12(2)27(13(3)4)35(31-9-7-8-23)34-16-15-18(26-10-14(5)17(29)24-20(26)30)32-21(16,11-28)19(22)25(6)33-15/h10,12-13,15-16,18-19,28H,7,9,11H2,1-6H3,(H,24,29,30)/t15?,16?,18?,19-,21+,35?/m0/s1. The minimum atomic E-state index is -1.74. The van der Waals surface area contributed by atoms with Gasteiger partial charge in [-0.2, -0.15) is 10.3 Å². The summed E-state index contributed by atoms with van der Waals surface area (Å²) in [6.45, 7) is 9.20. The lowest BCUT2D eigenvalue weighted by molar-refractivity contribution is -0.264. The van der Waals surface area contributed by atoms with Gasteiger partial charge in [0.25, 0.3) is 14.1 Å². The van der Waals surface area contributed by atoms with Crippen molar-refractivity contribution in [3.63, 3.8) is 0 Å². The number of H-pyrrole nitrogens is 1. The first-order chi connectivity index (χ1) is 16.5. The number of hydrogen-bond donors (Lipinski definition) is 2. The maximum absolute atomic E-state index is 12.7. The number of aryl methyl sites for hydroxylation is 1. The average molecular weight is 509 g/mol. The van der Waals surface area contributed by atoms with Gasteiger partial charge in [0.1, 0.15) is 11.7 Å². The number of hydrogen-bond acceptors (Lipinski definition) is 10. The van der Waals surface area contributed by atoms with Crippen LogP contribution in [0.4, 0.5) is 0 Å². The SMILES string of the molecule is [B][C@H]1N(C)OC2C(n3cc(C)c(=O)[nH]c3=O)O[C@]1(CO)C2OP(OCCC#N)N(C(C)C)C(C)C. The molecular formula is C21H33BN5O7P. The summed E-state index contributed by atoms with van der Waals surface area (Å²) in [6.07, 6.45) is -1.33. The highest BCUT2D eigenvalue weighted by Crippen LogP contribution is 2.55. The first-order valence-corrected chi connectivity index (χ1v) is 12.6. The van der Waals surface area contributed by atoms with Crippen molar-refractivity contribution in [3.05, 3.63) is 32.6 Å². The number of aliphatic hydroxyl groups excluding tert-OH is 1. The zero-order valence-corrected chi connectivity index (χ0v) is 21.8. The Kier molecular flexibility index (Phi) is 8.94. The number of nitrogens with one attached hydrogen (secondary N) is 1. The van der Waals surface area contributed by atoms with E-state index in [4.69, 9.17) is 31.7 Å². The first-order valence-electron chi connectivity index (χ1n) is 11.5. The van der Waals surface area contributed by atoms with E-state index in [9.17, 15) is 14.7 Å². The highest BCUT2D eigenvalue weighted by Gasteiger charge is 2.65. The van der Waals surface area contributed by atoms with Crippen LogP contribution in [0.25, 0.3) is 0 Å². The molecule has 6 atom stereocenters. The minimum Gasteiger partial charge on any atom is -0.393 e. The third-order valence-electron chi connectivity index (χ3n) is 6.11. The van der Waals surface area contributed by atoms with Crippen LogP contribution in [0.3, 0.4) is 0 Å². The zero-order chi connectivity index (χ0) is 26.1. The summed E-state index contributed by atoms with van der Waals surface area (Å²) in [4.78, 5) is 32.9. The van der Waals surface area contributed by atoms with Crippen LogP contribution in [0.5, 0.6) is 0 Å². The van der Waals surface area contributed by atoms with Crippen molar-refractivity contribution in [1.82, 2.24) is 19.3 Å². The molecule has 2 saturated heterocycles. The Labute approximate surface area is 207 Å². The van der Waals surface area contributed by atoms with Gasteiger partial charge in [0.15, 0.2) is 12.3 Å². The molecule has 4 unspecified atom stereocenters. The molecule has 0 aliphatic carbocycles. The molecule has 2 aliphatic heterocycles. The van der Waals surface area contributed by atoms with E-state index in [-0.39, 0.29) is 25.1 Å². The van der Waals surface area contributed by atoms with Crippen LogP contribution in [0.1, 0.15) is 45.9 Å². The number of aromatic nitrogens is 2. The molecule has 2 radical (unpaired) electrons. The Hall–Kier alpha value is -1.62. The van der Waals surface area contributed by atoms with E-state index in [1.54, 1.807) is 14.0 Å². The molecule has 1 aromatic rings. The van der Waals surface area contributed by atoms with Crippen LogP contribution in [0.15, 0.2) is 15.8 Å². The van der Waals surface area contributed by atoms with Crippen LogP contribution in [0, 0.1) is 18.3 Å². The molecule has 3 rings (SSSR count). The van der Waals surface area contributed by atoms with E-state index < -0.39 is 56.4 Å². The summed E-state index contributed by atoms with van der Waals surface area (Å²) in [6, 6.07) is 2.13. The smallest absolute Gasteiger partial charge is 0.330 e. The Morgan fingerprint density at radius 2 is 2.03 bits per heavy atom. The van der Waals surface area contributed by atoms with Crippen LogP contribution in [-0.2, 0) is 18.6 Å². The second-order valence-electron chi connectivity index (χ2n) is 9.23. The van der Waals surface area contributed by atoms with Gasteiger partial charge in [-0.05, 0) is 34.6 Å². The third kappa shape index (κ3) is 5.26. The predicted molar refractivity (Wildman–Crippen MR) is 128 cm³/mol. The fourth-order valence-corrected chi connectivity index (χ4v) is 6.25. The topological polar surface area (TPSA) is 142 Å². The molecule has 2 fully saturated rings. The number of hydroxylamine groups is 2. The van der Waals surface area contributed by atoms with Gasteiger partial charge in [-0.1, -0.05) is 0 Å². The van der Waals surface area contributed by atoms with Gasteiger partial charge in [-0.25, -0.2) is 9.46 Å². The number of aromatic amines is 1. The molecular weight excluding hydrogens is 476 g/mol. The van der Waals surface area contributed by atoms with Crippen LogP contribution < -0.4 is 11.2 Å². The molecule has 14 heteroatoms. The van der Waals surface area contributed by atoms with E-state index in [1.807, 2.05) is 32.4 Å². The lowest BCUT2D eigenvalue weighted by atomic mass is 9.75. The van der Waals surface area contributed by atoms with Crippen molar-refractivity contribution in [2.75, 3.05) is 20.3 Å². The molecule has 0 saturated carbocycles. The fraction of sp³-hybridized carbons (Fsp3) is 0.762. The molecule has 2 bridgehead atoms. The molecule has 35 heavy (non-hydrogen) atoms. The second-order valence-corrected chi connectivity index (χ2v) is 10.6. The molecule has 192 valence electrons. The Bertz CT molecular complexity index is 1040. The first kappa shape index (κ1) is 28.0. The van der Waals surface area contributed by atoms with Crippen LogP contribution in [-0.4, -0.2) is 88.3 Å². The number of fused-ring (bicyclic) bond motifs is 2. The summed E-state index contributed by atoms with van der Waals surface area (Å²) in [5, 5.41) is 20.9. The molecule has 1 aromatic heterocycles. The summed E-state index contributed by atoms with van der Waals surface area (Å²) in [5.41, 5.74) is -2.37. The number of aliphatic hydroxyl groups is 1. The van der Waals surface area contributed by atoms with E-state index in [2.05, 4.69) is 11.1 Å². The molecule has 0 spiro atoms. The van der Waals surface area contributed by atoms with Gasteiger partial charge in [-0.3, -0.25) is 19.2 Å². The molecule has 0 aromatic carbocycles. The monoisotopic (exact) mass is 509 g/mol. The van der Waals surface area contributed by atoms with Crippen LogP contribution in [0.2, 0.25) is 0 Å². The number of likely N-dealkylation sites (N-methyl/N-ethyl adjacent to an activating group) is 1. The average Bonchev–Trinajstić information content (AvgIpc) is 3.02. The van der Waals surface area contributed by atoms with E-state index in [0.29, 0.717) is 5.56 Å². The van der Waals surface area contributed by atoms with Gasteiger partial charge < -0.3 is 18.9 Å². The summed E-state index contributed by atoms with van der Waals surface area (Å²) in [7, 11) is 6.29. The minimum absolute atomic E-state index is 0.0352. The highest BCUT2D eigenvalue weighted by atomic mass is 31.2. The lowest BCUT2D eigenvalue weighted by Gasteiger charge is -2.48. The largest absolute Gasteiger partial charge is 0.393 e. The van der Waals surface area contributed by atoms with Gasteiger partial charge in [0.2, 0.25) is 0 Å². The maximum Gasteiger partial charge on any atom is 0.330 e. The Balaban J connectivity index is 2.06. The second kappa shape index (κ2) is 11.2. The van der Waals surface area contributed by atoms with E-state index in [0.717, 1.165) is 0 Å². The number of ether oxygens (including phenoxy) is 1. The fourth-order valence-electron chi connectivity index (χ4n) is 4.45. The molecule has 3 heterocycles. The quantitative estimate of drug-likeness (QED) is 0.260. The summed E-state index contributed by atoms with van der Waals surface area (Å²) >= 11 is 0. The van der Waals surface area contributed by atoms with Gasteiger partial charge >= 0.3 is 5.69 Å². The predicted octanol–water partition coefficient (Wildman–Crippen LogP) is 0.506. The van der Waals surface area contributed by atoms with Crippen molar-refractivity contribution in [3.8, 4) is 6.07 Å². The molecule has 2 N–H and O–H groups in total. The third-order valence-corrected chi connectivity index (χ3v) is 8.23.